The number of benzene rings is 1. The van der Waals surface area contributed by atoms with Crippen molar-refractivity contribution in [3.63, 3.8) is 0 Å². The first-order chi connectivity index (χ1) is 9.44. The number of carbonyl (C=O) groups excluding carboxylic acids is 1. The number of hydrogen-bond acceptors (Lipinski definition) is 3. The summed E-state index contributed by atoms with van der Waals surface area (Å²) < 4.78 is 18.7. The third-order valence-corrected chi connectivity index (χ3v) is 3.90. The number of rotatable bonds is 5. The molecule has 1 saturated carbocycles. The normalized spacial score (nSPS) is 16.9. The van der Waals surface area contributed by atoms with Gasteiger partial charge in [0.15, 0.2) is 6.61 Å². The molecule has 1 amide bonds. The van der Waals surface area contributed by atoms with Gasteiger partial charge in [-0.25, -0.2) is 4.39 Å². The maximum atomic E-state index is 12.9. The third-order valence-electron chi connectivity index (χ3n) is 3.28. The summed E-state index contributed by atoms with van der Waals surface area (Å²) in [6, 6.07) is 6.10. The Kier molecular flexibility index (Phi) is 4.29. The van der Waals surface area contributed by atoms with Gasteiger partial charge in [0.05, 0.1) is 10.5 Å². The van der Waals surface area contributed by atoms with Crippen LogP contribution in [0.2, 0.25) is 0 Å². The van der Waals surface area contributed by atoms with Crippen LogP contribution in [0.5, 0.6) is 5.75 Å². The summed E-state index contributed by atoms with van der Waals surface area (Å²) in [4.78, 5) is 11.8. The molecule has 0 spiro atoms. The van der Waals surface area contributed by atoms with E-state index in [1.54, 1.807) is 6.92 Å². The second kappa shape index (κ2) is 5.80. The number of amides is 1. The number of nitriles is 1. The van der Waals surface area contributed by atoms with Gasteiger partial charge in [0, 0.05) is 0 Å². The smallest absolute Gasteiger partial charge is 0.259 e. The molecular weight excluding hydrogens is 327 g/mol. The SMILES string of the molecule is C[C@](C#N)(NC(=O)COc1ccc(F)cc1Br)C1CC1. The molecular formula is C14H14BrFN2O2. The Balaban J connectivity index is 1.90. The van der Waals surface area contributed by atoms with Crippen LogP contribution in [0.15, 0.2) is 22.7 Å². The van der Waals surface area contributed by atoms with E-state index in [1.807, 2.05) is 0 Å². The van der Waals surface area contributed by atoms with Crippen LogP contribution in [0.4, 0.5) is 4.39 Å². The summed E-state index contributed by atoms with van der Waals surface area (Å²) in [5.41, 5.74) is -0.833. The Morgan fingerprint density at radius 3 is 2.90 bits per heavy atom. The van der Waals surface area contributed by atoms with Gasteiger partial charge in [0.25, 0.3) is 5.91 Å². The quantitative estimate of drug-likeness (QED) is 0.896. The monoisotopic (exact) mass is 340 g/mol. The minimum Gasteiger partial charge on any atom is -0.483 e. The average molecular weight is 341 g/mol. The average Bonchev–Trinajstić information content (AvgIpc) is 3.22. The molecule has 0 heterocycles. The van der Waals surface area contributed by atoms with E-state index in [1.165, 1.54) is 18.2 Å². The molecule has 0 aliphatic heterocycles. The molecule has 106 valence electrons. The zero-order chi connectivity index (χ0) is 14.8. The Labute approximate surface area is 125 Å². The van der Waals surface area contributed by atoms with Crippen LogP contribution in [-0.4, -0.2) is 18.1 Å². The molecule has 0 bridgehead atoms. The molecule has 1 atom stereocenters. The predicted octanol–water partition coefficient (Wildman–Crippen LogP) is 2.78. The third kappa shape index (κ3) is 3.48. The standard InChI is InChI=1S/C14H14BrFN2O2/c1-14(8-17,9-2-3-9)18-13(19)7-20-12-5-4-10(16)6-11(12)15/h4-6,9H,2-3,7H2,1H3,(H,18,19)/t14-/m1/s1. The van der Waals surface area contributed by atoms with E-state index < -0.39 is 5.54 Å². The second-order valence-corrected chi connectivity index (χ2v) is 5.85. The highest BCUT2D eigenvalue weighted by atomic mass is 79.9. The lowest BCUT2D eigenvalue weighted by molar-refractivity contribution is -0.124. The fraction of sp³-hybridized carbons (Fsp3) is 0.429. The molecule has 1 aromatic carbocycles. The zero-order valence-electron chi connectivity index (χ0n) is 11.0. The molecule has 0 aromatic heterocycles. The Bertz CT molecular complexity index is 569. The molecule has 0 saturated heterocycles. The number of ether oxygens (including phenoxy) is 1. The summed E-state index contributed by atoms with van der Waals surface area (Å²) in [6.45, 7) is 1.50. The lowest BCUT2D eigenvalue weighted by Gasteiger charge is -2.22. The van der Waals surface area contributed by atoms with E-state index in [2.05, 4.69) is 27.3 Å². The van der Waals surface area contributed by atoms with Crippen molar-refractivity contribution in [1.82, 2.24) is 5.32 Å². The van der Waals surface area contributed by atoms with E-state index >= 15 is 0 Å². The van der Waals surface area contributed by atoms with E-state index in [9.17, 15) is 9.18 Å². The number of carbonyl (C=O) groups is 1. The molecule has 0 radical (unpaired) electrons. The lowest BCUT2D eigenvalue weighted by atomic mass is 9.98. The molecule has 2 rings (SSSR count). The van der Waals surface area contributed by atoms with Crippen molar-refractivity contribution in [2.45, 2.75) is 25.3 Å². The van der Waals surface area contributed by atoms with E-state index in [0.29, 0.717) is 10.2 Å². The van der Waals surface area contributed by atoms with E-state index in [-0.39, 0.29) is 24.2 Å². The van der Waals surface area contributed by atoms with Gasteiger partial charge in [-0.2, -0.15) is 5.26 Å². The van der Waals surface area contributed by atoms with E-state index in [0.717, 1.165) is 12.8 Å². The first-order valence-electron chi connectivity index (χ1n) is 6.25. The molecule has 1 aliphatic rings. The number of halogens is 2. The molecule has 1 aliphatic carbocycles. The first-order valence-corrected chi connectivity index (χ1v) is 7.04. The lowest BCUT2D eigenvalue weighted by Crippen LogP contribution is -2.48. The summed E-state index contributed by atoms with van der Waals surface area (Å²) in [6.07, 6.45) is 1.91. The molecule has 20 heavy (non-hydrogen) atoms. The van der Waals surface area contributed by atoms with Crippen LogP contribution in [0.1, 0.15) is 19.8 Å². The zero-order valence-corrected chi connectivity index (χ0v) is 12.5. The minimum absolute atomic E-state index is 0.214. The maximum absolute atomic E-state index is 12.9. The minimum atomic E-state index is -0.833. The van der Waals surface area contributed by atoms with Crippen LogP contribution in [-0.2, 0) is 4.79 Å². The predicted molar refractivity (Wildman–Crippen MR) is 74.5 cm³/mol. The molecule has 1 fully saturated rings. The van der Waals surface area contributed by atoms with Crippen LogP contribution in [0.3, 0.4) is 0 Å². The summed E-state index contributed by atoms with van der Waals surface area (Å²) >= 11 is 3.16. The Morgan fingerprint density at radius 2 is 2.35 bits per heavy atom. The molecule has 4 nitrogen and oxygen atoms in total. The summed E-state index contributed by atoms with van der Waals surface area (Å²) in [7, 11) is 0. The van der Waals surface area contributed by atoms with Crippen molar-refractivity contribution >= 4 is 21.8 Å². The van der Waals surface area contributed by atoms with Crippen molar-refractivity contribution < 1.29 is 13.9 Å². The topological polar surface area (TPSA) is 62.1 Å². The Morgan fingerprint density at radius 1 is 1.65 bits per heavy atom. The van der Waals surface area contributed by atoms with Gasteiger partial charge in [-0.05, 0) is 59.8 Å². The highest BCUT2D eigenvalue weighted by Crippen LogP contribution is 2.39. The van der Waals surface area contributed by atoms with Crippen LogP contribution < -0.4 is 10.1 Å². The Hall–Kier alpha value is -1.61. The number of hydrogen-bond donors (Lipinski definition) is 1. The van der Waals surface area contributed by atoms with Gasteiger partial charge in [-0.3, -0.25) is 4.79 Å². The van der Waals surface area contributed by atoms with Gasteiger partial charge in [-0.1, -0.05) is 0 Å². The number of nitrogens with zero attached hydrogens (tertiary/aromatic N) is 1. The van der Waals surface area contributed by atoms with Crippen LogP contribution >= 0.6 is 15.9 Å². The van der Waals surface area contributed by atoms with E-state index in [4.69, 9.17) is 10.00 Å². The van der Waals surface area contributed by atoms with Crippen molar-refractivity contribution in [1.29, 1.82) is 5.26 Å². The van der Waals surface area contributed by atoms with Gasteiger partial charge >= 0.3 is 0 Å². The number of nitrogens with one attached hydrogen (secondary N) is 1. The summed E-state index contributed by atoms with van der Waals surface area (Å²) in [5.74, 6) is -0.155. The largest absolute Gasteiger partial charge is 0.483 e. The fourth-order valence-electron chi connectivity index (χ4n) is 1.94. The second-order valence-electron chi connectivity index (χ2n) is 5.00. The molecule has 1 N–H and O–H groups in total. The molecule has 0 unspecified atom stereocenters. The van der Waals surface area contributed by atoms with Gasteiger partial charge in [-0.15, -0.1) is 0 Å². The first kappa shape index (κ1) is 14.8. The van der Waals surface area contributed by atoms with Crippen molar-refractivity contribution in [2.24, 2.45) is 5.92 Å². The summed E-state index contributed by atoms with van der Waals surface area (Å²) in [5, 5.41) is 11.8. The molecule has 1 aromatic rings. The van der Waals surface area contributed by atoms with Crippen molar-refractivity contribution in [3.8, 4) is 11.8 Å². The van der Waals surface area contributed by atoms with Crippen molar-refractivity contribution in [3.05, 3.63) is 28.5 Å². The van der Waals surface area contributed by atoms with Crippen LogP contribution in [0, 0.1) is 23.1 Å². The molecule has 6 heteroatoms. The van der Waals surface area contributed by atoms with Crippen LogP contribution in [0.25, 0.3) is 0 Å². The highest BCUT2D eigenvalue weighted by Gasteiger charge is 2.43. The van der Waals surface area contributed by atoms with Gasteiger partial charge in [0.2, 0.25) is 0 Å². The maximum Gasteiger partial charge on any atom is 0.259 e. The van der Waals surface area contributed by atoms with Gasteiger partial charge < -0.3 is 10.1 Å². The highest BCUT2D eigenvalue weighted by molar-refractivity contribution is 9.10. The fourth-order valence-corrected chi connectivity index (χ4v) is 2.41. The van der Waals surface area contributed by atoms with Crippen molar-refractivity contribution in [2.75, 3.05) is 6.61 Å². The van der Waals surface area contributed by atoms with Gasteiger partial charge in [0.1, 0.15) is 17.1 Å².